The molecule has 2 N–H and O–H groups in total. The zero-order chi connectivity index (χ0) is 21.0. The van der Waals surface area contributed by atoms with Crippen LogP contribution in [0.15, 0.2) is 42.6 Å². The number of anilines is 1. The number of carbonyl (C=O) groups excluding carboxylic acids is 1. The minimum absolute atomic E-state index is 0.0227. The molecule has 0 radical (unpaired) electrons. The van der Waals surface area contributed by atoms with Gasteiger partial charge >= 0.3 is 5.97 Å². The van der Waals surface area contributed by atoms with E-state index >= 15 is 0 Å². The van der Waals surface area contributed by atoms with Gasteiger partial charge in [0.15, 0.2) is 5.11 Å². The number of ether oxygens (including phenoxy) is 1. The number of nitrogens with one attached hydrogen (secondary N) is 2. The van der Waals surface area contributed by atoms with Crippen molar-refractivity contribution < 1.29 is 9.53 Å². The third kappa shape index (κ3) is 4.65. The lowest BCUT2D eigenvalue weighted by atomic mass is 10.1. The molecule has 1 atom stereocenters. The lowest BCUT2D eigenvalue weighted by Gasteiger charge is -2.17. The lowest BCUT2D eigenvalue weighted by molar-refractivity contribution is 0.0602. The minimum Gasteiger partial charge on any atom is -0.465 e. The van der Waals surface area contributed by atoms with Crippen molar-refractivity contribution in [2.75, 3.05) is 12.4 Å². The van der Waals surface area contributed by atoms with E-state index in [1.54, 1.807) is 0 Å². The van der Waals surface area contributed by atoms with Crippen LogP contribution in [0.2, 0.25) is 0 Å². The first-order chi connectivity index (χ1) is 13.9. The Labute approximate surface area is 179 Å². The predicted octanol–water partition coefficient (Wildman–Crippen LogP) is 4.77. The molecule has 0 aliphatic carbocycles. The summed E-state index contributed by atoms with van der Waals surface area (Å²) < 4.78 is 6.89. The Morgan fingerprint density at radius 1 is 1.34 bits per heavy atom. The smallest absolute Gasteiger partial charge is 0.340 e. The third-order valence-electron chi connectivity index (χ3n) is 4.68. The fraction of sp³-hybridized carbons (Fsp3) is 0.286. The van der Waals surface area contributed by atoms with Crippen molar-refractivity contribution in [3.63, 3.8) is 0 Å². The van der Waals surface area contributed by atoms with Gasteiger partial charge in [-0.05, 0) is 44.6 Å². The third-order valence-corrected chi connectivity index (χ3v) is 6.00. The highest BCUT2D eigenvalue weighted by atomic mass is 32.1. The molecule has 1 unspecified atom stereocenters. The Morgan fingerprint density at radius 3 is 2.69 bits per heavy atom. The molecular formula is C21H24N4O2S2. The van der Waals surface area contributed by atoms with Gasteiger partial charge in [-0.1, -0.05) is 30.3 Å². The molecule has 0 saturated heterocycles. The van der Waals surface area contributed by atoms with Gasteiger partial charge < -0.3 is 15.4 Å². The fourth-order valence-electron chi connectivity index (χ4n) is 3.11. The highest BCUT2D eigenvalue weighted by Gasteiger charge is 2.20. The molecular weight excluding hydrogens is 404 g/mol. The van der Waals surface area contributed by atoms with Crippen molar-refractivity contribution in [2.24, 2.45) is 0 Å². The first-order valence-corrected chi connectivity index (χ1v) is 10.5. The van der Waals surface area contributed by atoms with E-state index in [0.717, 1.165) is 28.2 Å². The minimum atomic E-state index is -0.401. The summed E-state index contributed by atoms with van der Waals surface area (Å²) in [5.41, 5.74) is 3.68. The first-order valence-electron chi connectivity index (χ1n) is 9.32. The molecule has 3 rings (SSSR count). The standard InChI is InChI=1S/C21H24N4O2S2/c1-5-25-14(3)17(12-22-25)13(2)23-21(28)24-19-16(20(26)27-4)11-18(29-19)15-9-7-6-8-10-15/h6-13H,5H2,1-4H3,(H2,23,24,28). The monoisotopic (exact) mass is 428 g/mol. The Hall–Kier alpha value is -2.71. The number of aromatic nitrogens is 2. The van der Waals surface area contributed by atoms with E-state index in [9.17, 15) is 4.79 Å². The number of thiocarbonyl (C=S) groups is 1. The molecule has 8 heteroatoms. The number of esters is 1. The molecule has 0 bridgehead atoms. The predicted molar refractivity (Wildman–Crippen MR) is 122 cm³/mol. The molecule has 3 aromatic rings. The van der Waals surface area contributed by atoms with Crippen molar-refractivity contribution in [3.8, 4) is 10.4 Å². The summed E-state index contributed by atoms with van der Waals surface area (Å²) in [6.07, 6.45) is 1.86. The van der Waals surface area contributed by atoms with Crippen LogP contribution in [-0.2, 0) is 11.3 Å². The first kappa shape index (κ1) is 21.0. The van der Waals surface area contributed by atoms with E-state index in [0.29, 0.717) is 15.7 Å². The summed E-state index contributed by atoms with van der Waals surface area (Å²) in [6, 6.07) is 11.7. The largest absolute Gasteiger partial charge is 0.465 e. The van der Waals surface area contributed by atoms with Gasteiger partial charge in [0.2, 0.25) is 0 Å². The Morgan fingerprint density at radius 2 is 2.07 bits per heavy atom. The van der Waals surface area contributed by atoms with E-state index in [1.165, 1.54) is 18.4 Å². The summed E-state index contributed by atoms with van der Waals surface area (Å²) in [7, 11) is 1.37. The van der Waals surface area contributed by atoms with Crippen LogP contribution >= 0.6 is 23.6 Å². The maximum atomic E-state index is 12.3. The topological polar surface area (TPSA) is 68.2 Å². The normalized spacial score (nSPS) is 11.7. The lowest BCUT2D eigenvalue weighted by Crippen LogP contribution is -2.31. The number of carbonyl (C=O) groups is 1. The molecule has 1 aromatic carbocycles. The summed E-state index contributed by atoms with van der Waals surface area (Å²) >= 11 is 6.97. The summed E-state index contributed by atoms with van der Waals surface area (Å²) in [5.74, 6) is -0.401. The molecule has 2 aromatic heterocycles. The van der Waals surface area contributed by atoms with Crippen LogP contribution in [0.3, 0.4) is 0 Å². The van der Waals surface area contributed by atoms with E-state index in [-0.39, 0.29) is 6.04 Å². The number of hydrogen-bond donors (Lipinski definition) is 2. The SMILES string of the molecule is CCn1ncc(C(C)NC(=S)Nc2sc(-c3ccccc3)cc2C(=O)OC)c1C. The second-order valence-electron chi connectivity index (χ2n) is 6.53. The number of nitrogens with zero attached hydrogens (tertiary/aromatic N) is 2. The maximum Gasteiger partial charge on any atom is 0.340 e. The molecule has 0 saturated carbocycles. The van der Waals surface area contributed by atoms with Gasteiger partial charge in [0.05, 0.1) is 24.9 Å². The Kier molecular flexibility index (Phi) is 6.66. The van der Waals surface area contributed by atoms with Crippen LogP contribution in [0, 0.1) is 6.92 Å². The van der Waals surface area contributed by atoms with Gasteiger partial charge in [-0.25, -0.2) is 4.79 Å². The van der Waals surface area contributed by atoms with Crippen molar-refractivity contribution in [1.82, 2.24) is 15.1 Å². The summed E-state index contributed by atoms with van der Waals surface area (Å²) in [5, 5.41) is 11.9. The van der Waals surface area contributed by atoms with Crippen LogP contribution in [0.25, 0.3) is 10.4 Å². The average molecular weight is 429 g/mol. The fourth-order valence-corrected chi connectivity index (χ4v) is 4.51. The van der Waals surface area contributed by atoms with Gasteiger partial charge in [-0.15, -0.1) is 11.3 Å². The second kappa shape index (κ2) is 9.19. The van der Waals surface area contributed by atoms with Gasteiger partial charge in [0.25, 0.3) is 0 Å². The molecule has 0 spiro atoms. The summed E-state index contributed by atoms with van der Waals surface area (Å²) in [4.78, 5) is 13.2. The van der Waals surface area contributed by atoms with Crippen LogP contribution in [-0.4, -0.2) is 28.0 Å². The van der Waals surface area contributed by atoms with Crippen LogP contribution in [0.4, 0.5) is 5.00 Å². The van der Waals surface area contributed by atoms with Gasteiger partial charge in [0.1, 0.15) is 5.00 Å². The maximum absolute atomic E-state index is 12.3. The van der Waals surface area contributed by atoms with E-state index in [2.05, 4.69) is 22.7 Å². The van der Waals surface area contributed by atoms with Crippen molar-refractivity contribution in [3.05, 3.63) is 59.4 Å². The van der Waals surface area contributed by atoms with Crippen LogP contribution in [0.5, 0.6) is 0 Å². The van der Waals surface area contributed by atoms with E-state index in [4.69, 9.17) is 17.0 Å². The highest BCUT2D eigenvalue weighted by Crippen LogP contribution is 2.36. The molecule has 29 heavy (non-hydrogen) atoms. The summed E-state index contributed by atoms with van der Waals surface area (Å²) in [6.45, 7) is 6.95. The van der Waals surface area contributed by atoms with Gasteiger partial charge in [-0.2, -0.15) is 5.10 Å². The van der Waals surface area contributed by atoms with Crippen LogP contribution < -0.4 is 10.6 Å². The molecule has 0 fully saturated rings. The number of methoxy groups -OCH3 is 1. The number of aryl methyl sites for hydroxylation is 1. The second-order valence-corrected chi connectivity index (χ2v) is 7.99. The van der Waals surface area contributed by atoms with Crippen molar-refractivity contribution >= 4 is 39.6 Å². The van der Waals surface area contributed by atoms with Crippen LogP contribution in [0.1, 0.15) is 41.5 Å². The molecule has 0 aliphatic heterocycles. The zero-order valence-corrected chi connectivity index (χ0v) is 18.5. The average Bonchev–Trinajstić information content (AvgIpc) is 3.31. The number of rotatable bonds is 6. The Balaban J connectivity index is 1.79. The highest BCUT2D eigenvalue weighted by molar-refractivity contribution is 7.80. The van der Waals surface area contributed by atoms with Gasteiger partial charge in [-0.3, -0.25) is 4.68 Å². The van der Waals surface area contributed by atoms with Gasteiger partial charge in [0, 0.05) is 22.7 Å². The van der Waals surface area contributed by atoms with Crippen molar-refractivity contribution in [2.45, 2.75) is 33.4 Å². The number of benzene rings is 1. The molecule has 2 heterocycles. The molecule has 6 nitrogen and oxygen atoms in total. The number of hydrogen-bond acceptors (Lipinski definition) is 5. The molecule has 0 amide bonds. The van der Waals surface area contributed by atoms with E-state index in [1.807, 2.05) is 61.1 Å². The Bertz CT molecular complexity index is 1010. The zero-order valence-electron chi connectivity index (χ0n) is 16.9. The quantitative estimate of drug-likeness (QED) is 0.435. The number of thiophene rings is 1. The molecule has 0 aliphatic rings. The molecule has 152 valence electrons. The van der Waals surface area contributed by atoms with Crippen molar-refractivity contribution in [1.29, 1.82) is 0 Å². The van der Waals surface area contributed by atoms with E-state index < -0.39 is 5.97 Å².